The van der Waals surface area contributed by atoms with Gasteiger partial charge in [-0.2, -0.15) is 0 Å². The molecule has 2 rings (SSSR count). The van der Waals surface area contributed by atoms with Crippen molar-refractivity contribution in [3.63, 3.8) is 0 Å². The first-order chi connectivity index (χ1) is 7.92. The van der Waals surface area contributed by atoms with Gasteiger partial charge in [0.15, 0.2) is 0 Å². The van der Waals surface area contributed by atoms with Gasteiger partial charge in [-0.3, -0.25) is 10.6 Å². The maximum atomic E-state index is 5.81. The van der Waals surface area contributed by atoms with Crippen molar-refractivity contribution in [2.45, 2.75) is 25.9 Å². The molecule has 0 atom stereocenters. The molecule has 16 heavy (non-hydrogen) atoms. The Labute approximate surface area is 97.2 Å². The summed E-state index contributed by atoms with van der Waals surface area (Å²) in [6.45, 7) is 5.03. The van der Waals surface area contributed by atoms with Crippen LogP contribution in [-0.2, 0) is 0 Å². The molecule has 0 aromatic heterocycles. The molecular formula is C13H20N2O. The van der Waals surface area contributed by atoms with Crippen molar-refractivity contribution < 1.29 is 4.74 Å². The van der Waals surface area contributed by atoms with E-state index in [2.05, 4.69) is 29.7 Å². The van der Waals surface area contributed by atoms with Crippen LogP contribution in [0.2, 0.25) is 0 Å². The molecule has 0 saturated carbocycles. The van der Waals surface area contributed by atoms with Crippen molar-refractivity contribution in [1.82, 2.24) is 10.6 Å². The fourth-order valence-electron chi connectivity index (χ4n) is 1.90. The molecule has 1 saturated heterocycles. The zero-order valence-corrected chi connectivity index (χ0v) is 9.83. The number of ether oxygens (including phenoxy) is 1. The molecule has 2 N–H and O–H groups in total. The van der Waals surface area contributed by atoms with E-state index in [1.54, 1.807) is 0 Å². The molecule has 0 aliphatic carbocycles. The van der Waals surface area contributed by atoms with Crippen molar-refractivity contribution >= 4 is 0 Å². The lowest BCUT2D eigenvalue weighted by molar-refractivity contribution is 0.302. The van der Waals surface area contributed by atoms with Gasteiger partial charge in [0.2, 0.25) is 0 Å². The molecule has 88 valence electrons. The number of hydrogen-bond acceptors (Lipinski definition) is 3. The van der Waals surface area contributed by atoms with Crippen LogP contribution in [-0.4, -0.2) is 19.7 Å². The van der Waals surface area contributed by atoms with E-state index in [4.69, 9.17) is 4.74 Å². The number of rotatable bonds is 5. The van der Waals surface area contributed by atoms with Crippen molar-refractivity contribution in [2.75, 3.05) is 19.7 Å². The Morgan fingerprint density at radius 2 is 2.00 bits per heavy atom. The number of para-hydroxylation sites is 1. The Kier molecular flexibility index (Phi) is 4.19. The van der Waals surface area contributed by atoms with Gasteiger partial charge in [-0.15, -0.1) is 0 Å². The third kappa shape index (κ3) is 2.74. The Morgan fingerprint density at radius 3 is 2.75 bits per heavy atom. The average molecular weight is 220 g/mol. The lowest BCUT2D eigenvalue weighted by atomic mass is 10.1. The van der Waals surface area contributed by atoms with Gasteiger partial charge >= 0.3 is 0 Å². The van der Waals surface area contributed by atoms with E-state index in [9.17, 15) is 0 Å². The molecule has 1 aromatic carbocycles. The second kappa shape index (κ2) is 5.87. The van der Waals surface area contributed by atoms with Crippen LogP contribution in [0.25, 0.3) is 0 Å². The molecule has 0 amide bonds. The quantitative estimate of drug-likeness (QED) is 0.745. The lowest BCUT2D eigenvalue weighted by Gasteiger charge is -2.16. The fourth-order valence-corrected chi connectivity index (χ4v) is 1.90. The summed E-state index contributed by atoms with van der Waals surface area (Å²) in [5.74, 6) is 1.00. The van der Waals surface area contributed by atoms with Crippen molar-refractivity contribution in [1.29, 1.82) is 0 Å². The molecule has 1 aromatic rings. The monoisotopic (exact) mass is 220 g/mol. The minimum Gasteiger partial charge on any atom is -0.493 e. The zero-order valence-electron chi connectivity index (χ0n) is 9.83. The van der Waals surface area contributed by atoms with Crippen LogP contribution < -0.4 is 15.4 Å². The van der Waals surface area contributed by atoms with Crippen LogP contribution in [0.3, 0.4) is 0 Å². The highest BCUT2D eigenvalue weighted by Crippen LogP contribution is 2.24. The Hall–Kier alpha value is -1.06. The second-order valence-electron chi connectivity index (χ2n) is 4.08. The third-order valence-electron chi connectivity index (χ3n) is 2.81. The SMILES string of the molecule is CCCCOc1ccccc1C1NCCN1. The van der Waals surface area contributed by atoms with E-state index in [0.717, 1.165) is 31.9 Å². The molecule has 3 nitrogen and oxygen atoms in total. The Morgan fingerprint density at radius 1 is 1.25 bits per heavy atom. The standard InChI is InChI=1S/C13H20N2O/c1-2-3-10-16-12-7-5-4-6-11(12)13-14-8-9-15-13/h4-7,13-15H,2-3,8-10H2,1H3. The van der Waals surface area contributed by atoms with Gasteiger partial charge in [0.25, 0.3) is 0 Å². The highest BCUT2D eigenvalue weighted by molar-refractivity contribution is 5.36. The molecular weight excluding hydrogens is 200 g/mol. The molecule has 1 heterocycles. The summed E-state index contributed by atoms with van der Waals surface area (Å²) < 4.78 is 5.81. The van der Waals surface area contributed by atoms with E-state index in [-0.39, 0.29) is 6.17 Å². The van der Waals surface area contributed by atoms with Gasteiger partial charge in [-0.1, -0.05) is 31.5 Å². The van der Waals surface area contributed by atoms with Crippen LogP contribution in [0, 0.1) is 0 Å². The number of hydrogen-bond donors (Lipinski definition) is 2. The second-order valence-corrected chi connectivity index (χ2v) is 4.08. The van der Waals surface area contributed by atoms with Crippen LogP contribution in [0.5, 0.6) is 5.75 Å². The summed E-state index contributed by atoms with van der Waals surface area (Å²) in [5, 5.41) is 6.83. The molecule has 0 bridgehead atoms. The zero-order chi connectivity index (χ0) is 11.2. The average Bonchev–Trinajstić information content (AvgIpc) is 2.83. The smallest absolute Gasteiger partial charge is 0.125 e. The first-order valence-electron chi connectivity index (χ1n) is 6.10. The molecule has 0 radical (unpaired) electrons. The van der Waals surface area contributed by atoms with Gasteiger partial charge in [-0.25, -0.2) is 0 Å². The van der Waals surface area contributed by atoms with Crippen molar-refractivity contribution in [3.8, 4) is 5.75 Å². The normalized spacial score (nSPS) is 16.6. The molecule has 1 aliphatic heterocycles. The van der Waals surface area contributed by atoms with Crippen LogP contribution in [0.4, 0.5) is 0 Å². The molecule has 0 spiro atoms. The maximum Gasteiger partial charge on any atom is 0.125 e. The highest BCUT2D eigenvalue weighted by atomic mass is 16.5. The predicted octanol–water partition coefficient (Wildman–Crippen LogP) is 2.06. The minimum atomic E-state index is 0.248. The molecule has 3 heteroatoms. The van der Waals surface area contributed by atoms with Crippen LogP contribution in [0.15, 0.2) is 24.3 Å². The van der Waals surface area contributed by atoms with E-state index in [1.807, 2.05) is 12.1 Å². The van der Waals surface area contributed by atoms with Crippen LogP contribution in [0.1, 0.15) is 31.5 Å². The number of nitrogens with one attached hydrogen (secondary N) is 2. The van der Waals surface area contributed by atoms with E-state index < -0.39 is 0 Å². The summed E-state index contributed by atoms with van der Waals surface area (Å²) in [6, 6.07) is 8.26. The molecule has 0 unspecified atom stereocenters. The van der Waals surface area contributed by atoms with E-state index in [1.165, 1.54) is 12.0 Å². The van der Waals surface area contributed by atoms with Crippen LogP contribution >= 0.6 is 0 Å². The predicted molar refractivity (Wildman–Crippen MR) is 65.6 cm³/mol. The van der Waals surface area contributed by atoms with Gasteiger partial charge in [0, 0.05) is 18.7 Å². The molecule has 1 aliphatic rings. The van der Waals surface area contributed by atoms with E-state index in [0.29, 0.717) is 0 Å². The first kappa shape index (κ1) is 11.4. The summed E-state index contributed by atoms with van der Waals surface area (Å²) in [5.41, 5.74) is 1.22. The summed E-state index contributed by atoms with van der Waals surface area (Å²) in [6.07, 6.45) is 2.53. The van der Waals surface area contributed by atoms with Crippen molar-refractivity contribution in [2.24, 2.45) is 0 Å². The molecule has 1 fully saturated rings. The van der Waals surface area contributed by atoms with E-state index >= 15 is 0 Å². The minimum absolute atomic E-state index is 0.248. The largest absolute Gasteiger partial charge is 0.493 e. The Balaban J connectivity index is 2.04. The van der Waals surface area contributed by atoms with Gasteiger partial charge in [-0.05, 0) is 12.5 Å². The third-order valence-corrected chi connectivity index (χ3v) is 2.81. The summed E-state index contributed by atoms with van der Waals surface area (Å²) >= 11 is 0. The lowest BCUT2D eigenvalue weighted by Crippen LogP contribution is -2.22. The highest BCUT2D eigenvalue weighted by Gasteiger charge is 2.18. The number of unbranched alkanes of at least 4 members (excludes halogenated alkanes) is 1. The first-order valence-corrected chi connectivity index (χ1v) is 6.10. The fraction of sp³-hybridized carbons (Fsp3) is 0.538. The maximum absolute atomic E-state index is 5.81. The topological polar surface area (TPSA) is 33.3 Å². The van der Waals surface area contributed by atoms with Gasteiger partial charge in [0.05, 0.1) is 12.8 Å². The van der Waals surface area contributed by atoms with Crippen molar-refractivity contribution in [3.05, 3.63) is 29.8 Å². The summed E-state index contributed by atoms with van der Waals surface area (Å²) in [7, 11) is 0. The Bertz CT molecular complexity index is 321. The van der Waals surface area contributed by atoms with Gasteiger partial charge < -0.3 is 4.74 Å². The summed E-state index contributed by atoms with van der Waals surface area (Å²) in [4.78, 5) is 0. The number of benzene rings is 1. The van der Waals surface area contributed by atoms with Gasteiger partial charge in [0.1, 0.15) is 5.75 Å².